The number of hydrogen-bond donors (Lipinski definition) is 1. The van der Waals surface area contributed by atoms with Gasteiger partial charge in [0.1, 0.15) is 4.60 Å². The van der Waals surface area contributed by atoms with Gasteiger partial charge in [0, 0.05) is 6.20 Å². The minimum atomic E-state index is -0.967. The van der Waals surface area contributed by atoms with E-state index < -0.39 is 5.97 Å². The summed E-state index contributed by atoms with van der Waals surface area (Å²) < 4.78 is 7.65. The van der Waals surface area contributed by atoms with Gasteiger partial charge in [-0.3, -0.25) is 4.40 Å². The van der Waals surface area contributed by atoms with Crippen molar-refractivity contribution in [2.45, 2.75) is 0 Å². The number of furan rings is 1. The molecule has 0 aliphatic rings. The Balaban J connectivity index is 2.28. The number of carbonyl (C=O) groups is 1. The van der Waals surface area contributed by atoms with Gasteiger partial charge in [-0.05, 0) is 40.2 Å². The smallest absolute Gasteiger partial charge is 0.335 e. The van der Waals surface area contributed by atoms with E-state index in [-0.39, 0.29) is 5.56 Å². The molecule has 3 aromatic heterocycles. The third kappa shape index (κ3) is 1.62. The second-order valence-electron chi connectivity index (χ2n) is 3.68. The van der Waals surface area contributed by atoms with E-state index in [0.717, 1.165) is 0 Å². The minimum absolute atomic E-state index is 0.217. The maximum atomic E-state index is 10.9. The number of halogens is 1. The van der Waals surface area contributed by atoms with Crippen LogP contribution in [0.25, 0.3) is 17.1 Å². The number of fused-ring (bicyclic) bond motifs is 1. The molecule has 0 radical (unpaired) electrons. The van der Waals surface area contributed by atoms with Crippen LogP contribution in [0.3, 0.4) is 0 Å². The van der Waals surface area contributed by atoms with E-state index in [1.807, 2.05) is 0 Å². The summed E-state index contributed by atoms with van der Waals surface area (Å²) in [5, 5.41) is 8.96. The first-order valence-electron chi connectivity index (χ1n) is 5.11. The standard InChI is InChI=1S/C12H7BrN2O3/c13-10-8-6-7(12(16)17)3-4-15(8)11(14-10)9-2-1-5-18-9/h1-6H,(H,16,17). The molecular formula is C12H7BrN2O3. The molecule has 0 saturated heterocycles. The minimum Gasteiger partial charge on any atom is -0.478 e. The monoisotopic (exact) mass is 306 g/mol. The number of aromatic nitrogens is 2. The van der Waals surface area contributed by atoms with Crippen LogP contribution in [0.4, 0.5) is 0 Å². The molecule has 0 unspecified atom stereocenters. The van der Waals surface area contributed by atoms with Crippen molar-refractivity contribution in [1.29, 1.82) is 0 Å². The molecule has 0 saturated carbocycles. The normalized spacial score (nSPS) is 10.9. The van der Waals surface area contributed by atoms with Gasteiger partial charge in [-0.1, -0.05) is 0 Å². The maximum absolute atomic E-state index is 10.9. The Morgan fingerprint density at radius 2 is 2.28 bits per heavy atom. The van der Waals surface area contributed by atoms with Crippen LogP contribution in [0, 0.1) is 0 Å². The van der Waals surface area contributed by atoms with Crippen molar-refractivity contribution in [3.63, 3.8) is 0 Å². The number of aromatic carboxylic acids is 1. The third-order valence-corrected chi connectivity index (χ3v) is 3.17. The number of carboxylic acid groups (broad SMARTS) is 1. The van der Waals surface area contributed by atoms with E-state index in [1.54, 1.807) is 35.1 Å². The molecule has 0 amide bonds. The Bertz CT molecular complexity index is 731. The summed E-state index contributed by atoms with van der Waals surface area (Å²) in [5.74, 6) is 0.280. The first kappa shape index (κ1) is 11.0. The Morgan fingerprint density at radius 1 is 1.44 bits per heavy atom. The molecule has 0 fully saturated rings. The lowest BCUT2D eigenvalue weighted by molar-refractivity contribution is 0.0697. The maximum Gasteiger partial charge on any atom is 0.335 e. The summed E-state index contributed by atoms with van der Waals surface area (Å²) in [5.41, 5.74) is 0.899. The molecule has 1 N–H and O–H groups in total. The van der Waals surface area contributed by atoms with Crippen molar-refractivity contribution in [2.24, 2.45) is 0 Å². The molecule has 3 heterocycles. The highest BCUT2D eigenvalue weighted by Gasteiger charge is 2.14. The zero-order chi connectivity index (χ0) is 12.7. The number of rotatable bonds is 2. The number of nitrogens with zero attached hydrogens (tertiary/aromatic N) is 2. The third-order valence-electron chi connectivity index (χ3n) is 2.59. The molecule has 0 aliphatic carbocycles. The molecule has 3 rings (SSSR count). The van der Waals surface area contributed by atoms with E-state index >= 15 is 0 Å². The average molecular weight is 307 g/mol. The molecule has 0 spiro atoms. The molecule has 0 atom stereocenters. The van der Waals surface area contributed by atoms with Crippen molar-refractivity contribution in [1.82, 2.24) is 9.38 Å². The van der Waals surface area contributed by atoms with Gasteiger partial charge in [-0.25, -0.2) is 9.78 Å². The van der Waals surface area contributed by atoms with Gasteiger partial charge in [0.15, 0.2) is 11.6 Å². The van der Waals surface area contributed by atoms with Crippen LogP contribution < -0.4 is 0 Å². The van der Waals surface area contributed by atoms with Crippen molar-refractivity contribution in [3.05, 3.63) is 46.9 Å². The Kier molecular flexibility index (Phi) is 2.45. The van der Waals surface area contributed by atoms with Crippen molar-refractivity contribution in [2.75, 3.05) is 0 Å². The summed E-state index contributed by atoms with van der Waals surface area (Å²) >= 11 is 3.32. The van der Waals surface area contributed by atoms with Crippen molar-refractivity contribution in [3.8, 4) is 11.6 Å². The van der Waals surface area contributed by atoms with Gasteiger partial charge in [-0.2, -0.15) is 0 Å². The zero-order valence-corrected chi connectivity index (χ0v) is 10.6. The fourth-order valence-corrected chi connectivity index (χ4v) is 2.23. The van der Waals surface area contributed by atoms with Gasteiger partial charge >= 0.3 is 5.97 Å². The van der Waals surface area contributed by atoms with Crippen LogP contribution in [0.15, 0.2) is 45.7 Å². The molecular weight excluding hydrogens is 300 g/mol. The van der Waals surface area contributed by atoms with Crippen LogP contribution in [0.2, 0.25) is 0 Å². The molecule has 0 bridgehead atoms. The van der Waals surface area contributed by atoms with Crippen LogP contribution in [0.1, 0.15) is 10.4 Å². The number of pyridine rings is 1. The first-order chi connectivity index (χ1) is 8.66. The highest BCUT2D eigenvalue weighted by Crippen LogP contribution is 2.26. The van der Waals surface area contributed by atoms with Crippen molar-refractivity contribution < 1.29 is 14.3 Å². The zero-order valence-electron chi connectivity index (χ0n) is 9.00. The van der Waals surface area contributed by atoms with E-state index in [0.29, 0.717) is 21.7 Å². The van der Waals surface area contributed by atoms with E-state index in [2.05, 4.69) is 20.9 Å². The van der Waals surface area contributed by atoms with Gasteiger partial charge < -0.3 is 9.52 Å². The van der Waals surface area contributed by atoms with Gasteiger partial charge in [0.05, 0.1) is 17.3 Å². The Labute approximate surface area is 110 Å². The van der Waals surface area contributed by atoms with Gasteiger partial charge in [0.25, 0.3) is 0 Å². The lowest BCUT2D eigenvalue weighted by Crippen LogP contribution is -1.97. The molecule has 0 aromatic carbocycles. The summed E-state index contributed by atoms with van der Waals surface area (Å²) in [6.45, 7) is 0. The SMILES string of the molecule is O=C(O)c1ccn2c(-c3ccco3)nc(Br)c2c1. The second-order valence-corrected chi connectivity index (χ2v) is 4.43. The predicted octanol–water partition coefficient (Wildman–Crippen LogP) is 3.06. The Morgan fingerprint density at radius 3 is 2.94 bits per heavy atom. The molecule has 3 aromatic rings. The van der Waals surface area contributed by atoms with E-state index in [9.17, 15) is 4.79 Å². The quantitative estimate of drug-likeness (QED) is 0.790. The van der Waals surface area contributed by atoms with Crippen LogP contribution >= 0.6 is 15.9 Å². The van der Waals surface area contributed by atoms with Gasteiger partial charge in [0.2, 0.25) is 0 Å². The van der Waals surface area contributed by atoms with Crippen LogP contribution in [-0.4, -0.2) is 20.5 Å². The summed E-state index contributed by atoms with van der Waals surface area (Å²) in [6.07, 6.45) is 3.23. The number of hydrogen-bond acceptors (Lipinski definition) is 3. The summed E-state index contributed by atoms with van der Waals surface area (Å²) in [6, 6.07) is 6.66. The molecule has 18 heavy (non-hydrogen) atoms. The number of carboxylic acids is 1. The highest BCUT2D eigenvalue weighted by atomic mass is 79.9. The molecule has 5 nitrogen and oxygen atoms in total. The number of imidazole rings is 1. The fraction of sp³-hybridized carbons (Fsp3) is 0. The largest absolute Gasteiger partial charge is 0.478 e. The van der Waals surface area contributed by atoms with Crippen molar-refractivity contribution >= 4 is 27.4 Å². The molecule has 0 aliphatic heterocycles. The van der Waals surface area contributed by atoms with E-state index in [1.165, 1.54) is 6.07 Å². The van der Waals surface area contributed by atoms with Gasteiger partial charge in [-0.15, -0.1) is 0 Å². The second kappa shape index (κ2) is 3.99. The highest BCUT2D eigenvalue weighted by molar-refractivity contribution is 9.10. The summed E-state index contributed by atoms with van der Waals surface area (Å²) in [7, 11) is 0. The topological polar surface area (TPSA) is 67.7 Å². The fourth-order valence-electron chi connectivity index (χ4n) is 1.76. The van der Waals surface area contributed by atoms with Crippen LogP contribution in [-0.2, 0) is 0 Å². The van der Waals surface area contributed by atoms with Crippen LogP contribution in [0.5, 0.6) is 0 Å². The predicted molar refractivity (Wildman–Crippen MR) is 67.6 cm³/mol. The van der Waals surface area contributed by atoms with E-state index in [4.69, 9.17) is 9.52 Å². The first-order valence-corrected chi connectivity index (χ1v) is 5.91. The lowest BCUT2D eigenvalue weighted by Gasteiger charge is -1.99. The average Bonchev–Trinajstić information content (AvgIpc) is 2.97. The molecule has 6 heteroatoms. The lowest BCUT2D eigenvalue weighted by atomic mass is 10.2. The Hall–Kier alpha value is -2.08. The molecule has 90 valence electrons. The summed E-state index contributed by atoms with van der Waals surface area (Å²) in [4.78, 5) is 15.3.